The van der Waals surface area contributed by atoms with Crippen LogP contribution >= 0.6 is 0 Å². The number of morpholine rings is 1. The van der Waals surface area contributed by atoms with E-state index in [1.165, 1.54) is 16.3 Å². The predicted octanol–water partition coefficient (Wildman–Crippen LogP) is 4.04. The second-order valence-electron chi connectivity index (χ2n) is 7.40. The van der Waals surface area contributed by atoms with Gasteiger partial charge in [0.05, 0.1) is 25.9 Å². The molecule has 1 heterocycles. The summed E-state index contributed by atoms with van der Waals surface area (Å²) in [4.78, 5) is 15.2. The number of benzene rings is 3. The van der Waals surface area contributed by atoms with Crippen molar-refractivity contribution in [2.45, 2.75) is 13.0 Å². The van der Waals surface area contributed by atoms with E-state index in [0.717, 1.165) is 18.8 Å². The average molecular weight is 405 g/mol. The van der Waals surface area contributed by atoms with Crippen LogP contribution in [-0.4, -0.2) is 50.3 Å². The third kappa shape index (κ3) is 4.64. The van der Waals surface area contributed by atoms with E-state index in [1.54, 1.807) is 0 Å². The summed E-state index contributed by atoms with van der Waals surface area (Å²) < 4.78 is 11.0. The van der Waals surface area contributed by atoms with E-state index in [4.69, 9.17) is 9.47 Å². The summed E-state index contributed by atoms with van der Waals surface area (Å²) >= 11 is 0. The zero-order valence-electron chi connectivity index (χ0n) is 17.3. The normalized spacial score (nSPS) is 15.6. The summed E-state index contributed by atoms with van der Waals surface area (Å²) in [7, 11) is 0. The molecular weight excluding hydrogens is 376 g/mol. The molecule has 0 aromatic heterocycles. The monoisotopic (exact) mass is 404 g/mol. The molecule has 1 saturated heterocycles. The summed E-state index contributed by atoms with van der Waals surface area (Å²) in [6, 6.07) is 22.2. The lowest BCUT2D eigenvalue weighted by Crippen LogP contribution is -2.43. The number of amides is 1. The van der Waals surface area contributed by atoms with E-state index in [0.29, 0.717) is 31.9 Å². The number of carbonyl (C=O) groups excluding carboxylic acids is 1. The molecule has 1 aliphatic rings. The largest absolute Gasteiger partial charge is 0.494 e. The van der Waals surface area contributed by atoms with Gasteiger partial charge in [-0.1, -0.05) is 42.5 Å². The first kappa shape index (κ1) is 20.4. The first-order valence-corrected chi connectivity index (χ1v) is 10.6. The van der Waals surface area contributed by atoms with Gasteiger partial charge < -0.3 is 14.8 Å². The first-order chi connectivity index (χ1) is 14.8. The Labute approximate surface area is 177 Å². The fraction of sp³-hybridized carbons (Fsp3) is 0.320. The molecule has 1 fully saturated rings. The maximum Gasteiger partial charge on any atom is 0.251 e. The molecule has 156 valence electrons. The van der Waals surface area contributed by atoms with Gasteiger partial charge in [0.15, 0.2) is 0 Å². The number of carbonyl (C=O) groups is 1. The summed E-state index contributed by atoms with van der Waals surface area (Å²) in [5, 5.41) is 5.59. The summed E-state index contributed by atoms with van der Waals surface area (Å²) in [6.45, 7) is 6.24. The second-order valence-corrected chi connectivity index (χ2v) is 7.40. The minimum Gasteiger partial charge on any atom is -0.494 e. The first-order valence-electron chi connectivity index (χ1n) is 10.6. The Bertz CT molecular complexity index is 976. The Hall–Kier alpha value is -2.89. The average Bonchev–Trinajstić information content (AvgIpc) is 2.80. The van der Waals surface area contributed by atoms with E-state index in [9.17, 15) is 4.79 Å². The fourth-order valence-corrected chi connectivity index (χ4v) is 4.03. The molecule has 0 radical (unpaired) electrons. The summed E-state index contributed by atoms with van der Waals surface area (Å²) in [5.74, 6) is 0.701. The van der Waals surface area contributed by atoms with Gasteiger partial charge in [0.25, 0.3) is 5.91 Å². The van der Waals surface area contributed by atoms with Gasteiger partial charge in [-0.05, 0) is 47.5 Å². The van der Waals surface area contributed by atoms with Crippen LogP contribution in [0.15, 0.2) is 66.7 Å². The van der Waals surface area contributed by atoms with Gasteiger partial charge in [-0.2, -0.15) is 0 Å². The number of rotatable bonds is 7. The Morgan fingerprint density at radius 2 is 1.77 bits per heavy atom. The highest BCUT2D eigenvalue weighted by Gasteiger charge is 2.24. The van der Waals surface area contributed by atoms with Gasteiger partial charge in [0.2, 0.25) is 0 Å². The smallest absolute Gasteiger partial charge is 0.251 e. The molecule has 0 spiro atoms. The number of nitrogens with zero attached hydrogens (tertiary/aromatic N) is 1. The molecule has 3 aromatic carbocycles. The van der Waals surface area contributed by atoms with Crippen molar-refractivity contribution >= 4 is 16.7 Å². The molecule has 0 aliphatic carbocycles. The van der Waals surface area contributed by atoms with Crippen molar-refractivity contribution in [3.8, 4) is 5.75 Å². The highest BCUT2D eigenvalue weighted by atomic mass is 16.5. The van der Waals surface area contributed by atoms with E-state index < -0.39 is 0 Å². The topological polar surface area (TPSA) is 50.8 Å². The van der Waals surface area contributed by atoms with E-state index in [-0.39, 0.29) is 11.9 Å². The molecule has 0 bridgehead atoms. The van der Waals surface area contributed by atoms with Crippen molar-refractivity contribution in [3.63, 3.8) is 0 Å². The Morgan fingerprint density at radius 3 is 2.53 bits per heavy atom. The minimum atomic E-state index is -0.0726. The Balaban J connectivity index is 1.55. The zero-order valence-corrected chi connectivity index (χ0v) is 17.3. The minimum absolute atomic E-state index is 0.0726. The van der Waals surface area contributed by atoms with Crippen LogP contribution in [0.3, 0.4) is 0 Å². The SMILES string of the molecule is CCOc1ccc(C(=O)NC[C@H](c2cccc3ccccc23)N2CCOCC2)cc1. The summed E-state index contributed by atoms with van der Waals surface area (Å²) in [5.41, 5.74) is 1.87. The fourth-order valence-electron chi connectivity index (χ4n) is 4.03. The number of hydrogen-bond acceptors (Lipinski definition) is 4. The molecule has 30 heavy (non-hydrogen) atoms. The number of hydrogen-bond donors (Lipinski definition) is 1. The Morgan fingerprint density at radius 1 is 1.03 bits per heavy atom. The molecule has 5 nitrogen and oxygen atoms in total. The van der Waals surface area contributed by atoms with Crippen LogP contribution in [0.25, 0.3) is 10.8 Å². The molecular formula is C25H28N2O3. The van der Waals surface area contributed by atoms with Crippen LogP contribution in [-0.2, 0) is 4.74 Å². The van der Waals surface area contributed by atoms with E-state index >= 15 is 0 Å². The van der Waals surface area contributed by atoms with Gasteiger partial charge in [0, 0.05) is 25.2 Å². The quantitative estimate of drug-likeness (QED) is 0.646. The third-order valence-electron chi connectivity index (χ3n) is 5.55. The van der Waals surface area contributed by atoms with Crippen molar-refractivity contribution in [2.24, 2.45) is 0 Å². The highest BCUT2D eigenvalue weighted by molar-refractivity contribution is 5.94. The van der Waals surface area contributed by atoms with Crippen LogP contribution in [0.2, 0.25) is 0 Å². The van der Waals surface area contributed by atoms with Gasteiger partial charge in [-0.25, -0.2) is 0 Å². The maximum absolute atomic E-state index is 12.8. The second kappa shape index (κ2) is 9.74. The number of ether oxygens (including phenoxy) is 2. The molecule has 1 aliphatic heterocycles. The molecule has 1 amide bonds. The number of nitrogens with one attached hydrogen (secondary N) is 1. The molecule has 1 atom stereocenters. The van der Waals surface area contributed by atoms with Crippen molar-refractivity contribution < 1.29 is 14.3 Å². The van der Waals surface area contributed by atoms with Crippen molar-refractivity contribution in [3.05, 3.63) is 77.9 Å². The van der Waals surface area contributed by atoms with Crippen molar-refractivity contribution in [1.82, 2.24) is 10.2 Å². The van der Waals surface area contributed by atoms with E-state index in [1.807, 2.05) is 31.2 Å². The maximum atomic E-state index is 12.8. The third-order valence-corrected chi connectivity index (χ3v) is 5.55. The van der Waals surface area contributed by atoms with Crippen LogP contribution in [0.4, 0.5) is 0 Å². The molecule has 4 rings (SSSR count). The predicted molar refractivity (Wildman–Crippen MR) is 119 cm³/mol. The highest BCUT2D eigenvalue weighted by Crippen LogP contribution is 2.29. The molecule has 5 heteroatoms. The zero-order chi connectivity index (χ0) is 20.8. The lowest BCUT2D eigenvalue weighted by molar-refractivity contribution is 0.0165. The summed E-state index contributed by atoms with van der Waals surface area (Å²) in [6.07, 6.45) is 0. The number of fused-ring (bicyclic) bond motifs is 1. The van der Waals surface area contributed by atoms with Crippen LogP contribution in [0.1, 0.15) is 28.9 Å². The Kier molecular flexibility index (Phi) is 6.62. The van der Waals surface area contributed by atoms with Crippen molar-refractivity contribution in [2.75, 3.05) is 39.5 Å². The molecule has 0 unspecified atom stereocenters. The lowest BCUT2D eigenvalue weighted by Gasteiger charge is -2.35. The molecule has 3 aromatic rings. The molecule has 0 saturated carbocycles. The van der Waals surface area contributed by atoms with Gasteiger partial charge >= 0.3 is 0 Å². The van der Waals surface area contributed by atoms with Crippen LogP contribution in [0, 0.1) is 0 Å². The lowest BCUT2D eigenvalue weighted by atomic mass is 9.97. The standard InChI is InChI=1S/C25H28N2O3/c1-2-30-21-12-10-20(11-13-21)25(28)26-18-24(27-14-16-29-17-15-27)23-9-5-7-19-6-3-4-8-22(19)23/h3-13,24H,2,14-18H2,1H3,(H,26,28)/t24-/m1/s1. The molecule has 1 N–H and O–H groups in total. The van der Waals surface area contributed by atoms with Gasteiger partial charge in [-0.15, -0.1) is 0 Å². The van der Waals surface area contributed by atoms with Crippen molar-refractivity contribution in [1.29, 1.82) is 0 Å². The van der Waals surface area contributed by atoms with Crippen LogP contribution < -0.4 is 10.1 Å². The van der Waals surface area contributed by atoms with E-state index in [2.05, 4.69) is 52.7 Å². The van der Waals surface area contributed by atoms with Gasteiger partial charge in [0.1, 0.15) is 5.75 Å². The van der Waals surface area contributed by atoms with Gasteiger partial charge in [-0.3, -0.25) is 9.69 Å². The van der Waals surface area contributed by atoms with Crippen LogP contribution in [0.5, 0.6) is 5.75 Å².